The topological polar surface area (TPSA) is 33.6 Å². The van der Waals surface area contributed by atoms with Crippen LogP contribution in [0.2, 0.25) is 0 Å². The fraction of sp³-hybridized carbons (Fsp3) is 0.857. The summed E-state index contributed by atoms with van der Waals surface area (Å²) < 4.78 is 8.89. The van der Waals surface area contributed by atoms with E-state index in [9.17, 15) is 0 Å². The third-order valence-electron chi connectivity index (χ3n) is 1.67. The van der Waals surface area contributed by atoms with Crippen LogP contribution in [0.5, 0.6) is 0 Å². The first-order chi connectivity index (χ1) is 5.22. The molecule has 0 rings (SSSR count). The number of rotatable bonds is 5. The molecule has 0 saturated heterocycles. The van der Waals surface area contributed by atoms with Gasteiger partial charge in [0.25, 0.3) is 0 Å². The Balaban J connectivity index is 3.43. The summed E-state index contributed by atoms with van der Waals surface area (Å²) in [6.07, 6.45) is 1.83. The molecule has 2 atom stereocenters. The van der Waals surface area contributed by atoms with Crippen LogP contribution in [0.25, 0.3) is 0 Å². The minimum absolute atomic E-state index is 0.200. The summed E-state index contributed by atoms with van der Waals surface area (Å²) in [5, 5.41) is 3.10. The van der Waals surface area contributed by atoms with Crippen molar-refractivity contribution in [1.82, 2.24) is 5.32 Å². The largest absolute Gasteiger partial charge is 0.371 e. The van der Waals surface area contributed by atoms with E-state index in [4.69, 9.17) is 4.74 Å². The smallest absolute Gasteiger partial charge is 0.0829 e. The van der Waals surface area contributed by atoms with Crippen LogP contribution >= 0.6 is 12.8 Å². The van der Waals surface area contributed by atoms with Crippen LogP contribution in [0.1, 0.15) is 13.8 Å². The van der Waals surface area contributed by atoms with Gasteiger partial charge in [-0.1, -0.05) is 0 Å². The zero-order chi connectivity index (χ0) is 8.69. The maximum absolute atomic E-state index is 5.37. The molecule has 4 heteroatoms. The Morgan fingerprint density at radius 1 is 1.64 bits per heavy atom. The number of hydrogen-bond acceptors (Lipinski definition) is 4. The maximum Gasteiger partial charge on any atom is 0.0829 e. The Kier molecular flexibility index (Phi) is 6.60. The summed E-state index contributed by atoms with van der Waals surface area (Å²) in [4.78, 5) is 0. The van der Waals surface area contributed by atoms with Crippen molar-refractivity contribution in [2.45, 2.75) is 26.0 Å². The molecular weight excluding hydrogens is 160 g/mol. The fourth-order valence-electron chi connectivity index (χ4n) is 0.607. The van der Waals surface area contributed by atoms with Crippen LogP contribution in [0.4, 0.5) is 0 Å². The second kappa shape index (κ2) is 6.64. The molecule has 0 bridgehead atoms. The van der Waals surface area contributed by atoms with Gasteiger partial charge in [0.05, 0.1) is 12.7 Å². The molecule has 1 N–H and O–H groups in total. The van der Waals surface area contributed by atoms with Gasteiger partial charge in [-0.3, -0.25) is 0 Å². The zero-order valence-corrected chi connectivity index (χ0v) is 8.14. The van der Waals surface area contributed by atoms with Crippen LogP contribution in [0.3, 0.4) is 0 Å². The first kappa shape index (κ1) is 10.9. The molecule has 0 aromatic carbocycles. The van der Waals surface area contributed by atoms with Crippen LogP contribution < -0.4 is 5.32 Å². The molecule has 0 aliphatic carbocycles. The van der Waals surface area contributed by atoms with Crippen LogP contribution in [0.15, 0.2) is 4.40 Å². The van der Waals surface area contributed by atoms with E-state index in [1.807, 2.05) is 14.0 Å². The normalized spacial score (nSPS) is 17.1. The molecule has 0 aliphatic rings. The van der Waals surface area contributed by atoms with Crippen LogP contribution in [-0.4, -0.2) is 32.0 Å². The molecule has 0 spiro atoms. The molecule has 0 radical (unpaired) electrons. The van der Waals surface area contributed by atoms with Crippen molar-refractivity contribution in [2.75, 3.05) is 13.7 Å². The molecular formula is C7H16N2OS. The van der Waals surface area contributed by atoms with Gasteiger partial charge in [-0.15, -0.1) is 0 Å². The number of hydrogen-bond donors (Lipinski definition) is 2. The minimum Gasteiger partial charge on any atom is -0.371 e. The molecule has 0 aromatic heterocycles. The molecule has 0 aromatic rings. The number of nitrogens with zero attached hydrogens (tertiary/aromatic N) is 1. The molecule has 0 fully saturated rings. The van der Waals surface area contributed by atoms with E-state index < -0.39 is 0 Å². The third-order valence-corrected chi connectivity index (χ3v) is 1.84. The Morgan fingerprint density at radius 2 is 2.27 bits per heavy atom. The highest BCUT2D eigenvalue weighted by molar-refractivity contribution is 7.78. The first-order valence-electron chi connectivity index (χ1n) is 3.67. The third kappa shape index (κ3) is 5.24. The Bertz CT molecular complexity index is 119. The first-order valence-corrected chi connectivity index (χ1v) is 4.07. The lowest BCUT2D eigenvalue weighted by Crippen LogP contribution is -2.34. The van der Waals surface area contributed by atoms with Crippen molar-refractivity contribution < 1.29 is 4.74 Å². The molecule has 2 unspecified atom stereocenters. The summed E-state index contributed by atoms with van der Waals surface area (Å²) in [6.45, 7) is 4.62. The van der Waals surface area contributed by atoms with E-state index in [1.54, 1.807) is 6.21 Å². The Labute approximate surface area is 73.8 Å². The zero-order valence-electron chi connectivity index (χ0n) is 7.24. The number of likely N-dealkylation sites (N-methyl/N-ethyl adjacent to an activating group) is 1. The van der Waals surface area contributed by atoms with Gasteiger partial charge in [0.2, 0.25) is 0 Å². The van der Waals surface area contributed by atoms with Crippen LogP contribution in [-0.2, 0) is 4.74 Å². The average Bonchev–Trinajstić information content (AvgIpc) is 2.03. The predicted molar refractivity (Wildman–Crippen MR) is 51.4 cm³/mol. The number of nitrogens with one attached hydrogen (secondary N) is 1. The van der Waals surface area contributed by atoms with E-state index in [-0.39, 0.29) is 6.10 Å². The SMILES string of the molecule is CNC(C)C(C)OCC=NS. The predicted octanol–water partition coefficient (Wildman–Crippen LogP) is 0.915. The second-order valence-electron chi connectivity index (χ2n) is 2.41. The van der Waals surface area contributed by atoms with E-state index in [0.717, 1.165) is 0 Å². The highest BCUT2D eigenvalue weighted by Gasteiger charge is 2.08. The van der Waals surface area contributed by atoms with Gasteiger partial charge in [-0.2, -0.15) is 0 Å². The van der Waals surface area contributed by atoms with Crippen LogP contribution in [0, 0.1) is 0 Å². The van der Waals surface area contributed by atoms with Crippen molar-refractivity contribution in [3.05, 3.63) is 0 Å². The molecule has 0 saturated carbocycles. The molecule has 66 valence electrons. The van der Waals surface area contributed by atoms with Crippen molar-refractivity contribution in [2.24, 2.45) is 4.40 Å². The molecule has 0 heterocycles. The summed E-state index contributed by atoms with van der Waals surface area (Å²) >= 11 is 3.67. The number of ether oxygens (including phenoxy) is 1. The summed E-state index contributed by atoms with van der Waals surface area (Å²) in [5.74, 6) is 0. The quantitative estimate of drug-likeness (QED) is 0.482. The Morgan fingerprint density at radius 3 is 2.73 bits per heavy atom. The number of thiol groups is 1. The van der Waals surface area contributed by atoms with Gasteiger partial charge < -0.3 is 10.1 Å². The van der Waals surface area contributed by atoms with Gasteiger partial charge in [0.1, 0.15) is 0 Å². The van der Waals surface area contributed by atoms with Crippen molar-refractivity contribution in [1.29, 1.82) is 0 Å². The van der Waals surface area contributed by atoms with Crippen molar-refractivity contribution in [3.63, 3.8) is 0 Å². The maximum atomic E-state index is 5.37. The molecule has 0 aliphatic heterocycles. The van der Waals surface area contributed by atoms with E-state index in [1.165, 1.54) is 0 Å². The van der Waals surface area contributed by atoms with E-state index >= 15 is 0 Å². The monoisotopic (exact) mass is 176 g/mol. The summed E-state index contributed by atoms with van der Waals surface area (Å²) in [5.41, 5.74) is 0. The lowest BCUT2D eigenvalue weighted by molar-refractivity contribution is 0.0735. The van der Waals surface area contributed by atoms with Gasteiger partial charge in [-0.25, -0.2) is 4.40 Å². The van der Waals surface area contributed by atoms with Gasteiger partial charge in [0, 0.05) is 12.3 Å². The highest BCUT2D eigenvalue weighted by atomic mass is 32.1. The standard InChI is InChI=1S/C7H16N2OS/c1-6(8-3)7(2)10-5-4-9-11/h4,6-8,11H,5H2,1-3H3. The summed E-state index contributed by atoms with van der Waals surface area (Å²) in [6, 6.07) is 0.364. The van der Waals surface area contributed by atoms with Crippen molar-refractivity contribution >= 4 is 19.0 Å². The fourth-order valence-corrected chi connectivity index (χ4v) is 0.674. The molecule has 3 nitrogen and oxygen atoms in total. The minimum atomic E-state index is 0.200. The molecule has 0 amide bonds. The van der Waals surface area contributed by atoms with E-state index in [2.05, 4.69) is 29.5 Å². The average molecular weight is 176 g/mol. The van der Waals surface area contributed by atoms with E-state index in [0.29, 0.717) is 12.6 Å². The van der Waals surface area contributed by atoms with Crippen molar-refractivity contribution in [3.8, 4) is 0 Å². The van der Waals surface area contributed by atoms with Gasteiger partial charge in [-0.05, 0) is 33.7 Å². The lowest BCUT2D eigenvalue weighted by atomic mass is 10.2. The molecule has 11 heavy (non-hydrogen) atoms. The second-order valence-corrected chi connectivity index (χ2v) is 2.64. The highest BCUT2D eigenvalue weighted by Crippen LogP contribution is 1.95. The summed E-state index contributed by atoms with van der Waals surface area (Å²) in [7, 11) is 1.91. The van der Waals surface area contributed by atoms with Gasteiger partial charge >= 0.3 is 0 Å². The Hall–Kier alpha value is -0.0600. The lowest BCUT2D eigenvalue weighted by Gasteiger charge is -2.18. The van der Waals surface area contributed by atoms with Gasteiger partial charge in [0.15, 0.2) is 0 Å².